The number of amides is 2. The first-order valence-corrected chi connectivity index (χ1v) is 7.85. The van der Waals surface area contributed by atoms with Crippen LogP contribution in [0.5, 0.6) is 0 Å². The SMILES string of the molecule is CC(C)=CC(=O)NCc1ccc(C(=O)NC(C)CCCO)cc1. The average Bonchev–Trinajstić information content (AvgIpc) is 2.50. The summed E-state index contributed by atoms with van der Waals surface area (Å²) in [6.07, 6.45) is 2.97. The Morgan fingerprint density at radius 2 is 1.87 bits per heavy atom. The van der Waals surface area contributed by atoms with Crippen LogP contribution in [0.4, 0.5) is 0 Å². The topological polar surface area (TPSA) is 78.4 Å². The van der Waals surface area contributed by atoms with E-state index in [4.69, 9.17) is 5.11 Å². The van der Waals surface area contributed by atoms with Crippen molar-refractivity contribution in [1.82, 2.24) is 10.6 Å². The van der Waals surface area contributed by atoms with Crippen LogP contribution >= 0.6 is 0 Å². The van der Waals surface area contributed by atoms with E-state index in [2.05, 4.69) is 10.6 Å². The van der Waals surface area contributed by atoms with E-state index in [9.17, 15) is 9.59 Å². The van der Waals surface area contributed by atoms with Gasteiger partial charge in [-0.1, -0.05) is 17.7 Å². The molecule has 0 spiro atoms. The number of nitrogens with one attached hydrogen (secondary N) is 2. The minimum Gasteiger partial charge on any atom is -0.396 e. The van der Waals surface area contributed by atoms with E-state index in [1.807, 2.05) is 32.9 Å². The molecule has 0 aromatic heterocycles. The number of hydrogen-bond acceptors (Lipinski definition) is 3. The van der Waals surface area contributed by atoms with Crippen LogP contribution in [0.2, 0.25) is 0 Å². The second-order valence-corrected chi connectivity index (χ2v) is 5.88. The Morgan fingerprint density at radius 1 is 1.22 bits per heavy atom. The number of carbonyl (C=O) groups is 2. The molecule has 5 heteroatoms. The lowest BCUT2D eigenvalue weighted by molar-refractivity contribution is -0.116. The number of hydrogen-bond donors (Lipinski definition) is 3. The normalized spacial score (nSPS) is 11.5. The van der Waals surface area contributed by atoms with Gasteiger partial charge in [-0.15, -0.1) is 0 Å². The van der Waals surface area contributed by atoms with Crippen LogP contribution < -0.4 is 10.6 Å². The van der Waals surface area contributed by atoms with Crippen LogP contribution in [0, 0.1) is 0 Å². The number of rotatable bonds is 8. The molecule has 1 atom stereocenters. The maximum atomic E-state index is 12.1. The zero-order valence-corrected chi connectivity index (χ0v) is 14.1. The third-order valence-electron chi connectivity index (χ3n) is 3.28. The third-order valence-corrected chi connectivity index (χ3v) is 3.28. The van der Waals surface area contributed by atoms with Gasteiger partial charge in [-0.2, -0.15) is 0 Å². The van der Waals surface area contributed by atoms with Gasteiger partial charge in [0.25, 0.3) is 5.91 Å². The van der Waals surface area contributed by atoms with Crippen LogP contribution in [0.3, 0.4) is 0 Å². The van der Waals surface area contributed by atoms with Crippen molar-refractivity contribution in [3.05, 3.63) is 47.0 Å². The summed E-state index contributed by atoms with van der Waals surface area (Å²) < 4.78 is 0. The number of allylic oxidation sites excluding steroid dienone is 1. The minimum absolute atomic E-state index is 0.0256. The van der Waals surface area contributed by atoms with E-state index in [1.54, 1.807) is 18.2 Å². The molecule has 0 aliphatic carbocycles. The second-order valence-electron chi connectivity index (χ2n) is 5.88. The van der Waals surface area contributed by atoms with Crippen molar-refractivity contribution in [1.29, 1.82) is 0 Å². The number of aliphatic hydroxyl groups is 1. The molecule has 1 aromatic rings. The highest BCUT2D eigenvalue weighted by Crippen LogP contribution is 2.06. The van der Waals surface area contributed by atoms with Crippen molar-refractivity contribution in [3.8, 4) is 0 Å². The molecule has 3 N–H and O–H groups in total. The van der Waals surface area contributed by atoms with Gasteiger partial charge in [0.05, 0.1) is 0 Å². The average molecular weight is 318 g/mol. The maximum absolute atomic E-state index is 12.1. The lowest BCUT2D eigenvalue weighted by atomic mass is 10.1. The molecule has 5 nitrogen and oxygen atoms in total. The van der Waals surface area contributed by atoms with E-state index in [0.717, 1.165) is 17.6 Å². The van der Waals surface area contributed by atoms with Gasteiger partial charge in [0, 0.05) is 30.8 Å². The minimum atomic E-state index is -0.129. The lowest BCUT2D eigenvalue weighted by Crippen LogP contribution is -2.32. The monoisotopic (exact) mass is 318 g/mol. The van der Waals surface area contributed by atoms with E-state index < -0.39 is 0 Å². The summed E-state index contributed by atoms with van der Waals surface area (Å²) in [5, 5.41) is 14.5. The molecular formula is C18H26N2O3. The van der Waals surface area contributed by atoms with Crippen LogP contribution in [0.25, 0.3) is 0 Å². The molecule has 0 radical (unpaired) electrons. The standard InChI is InChI=1S/C18H26N2O3/c1-13(2)11-17(22)19-12-15-6-8-16(9-7-15)18(23)20-14(3)5-4-10-21/h6-9,11,14,21H,4-5,10,12H2,1-3H3,(H,19,22)(H,20,23). The van der Waals surface area contributed by atoms with Gasteiger partial charge < -0.3 is 15.7 Å². The smallest absolute Gasteiger partial charge is 0.251 e. The van der Waals surface area contributed by atoms with Crippen molar-refractivity contribution < 1.29 is 14.7 Å². The predicted octanol–water partition coefficient (Wildman–Crippen LogP) is 2.16. The summed E-state index contributed by atoms with van der Waals surface area (Å²) in [6, 6.07) is 7.18. The fraction of sp³-hybridized carbons (Fsp3) is 0.444. The van der Waals surface area contributed by atoms with Gasteiger partial charge in [0.1, 0.15) is 0 Å². The summed E-state index contributed by atoms with van der Waals surface area (Å²) in [5.41, 5.74) is 2.47. The van der Waals surface area contributed by atoms with Gasteiger partial charge >= 0.3 is 0 Å². The Hall–Kier alpha value is -2.14. The first kappa shape index (κ1) is 18.9. The highest BCUT2D eigenvalue weighted by molar-refractivity contribution is 5.94. The number of carbonyl (C=O) groups excluding carboxylic acids is 2. The highest BCUT2D eigenvalue weighted by Gasteiger charge is 2.09. The summed E-state index contributed by atoms with van der Waals surface area (Å²) in [7, 11) is 0. The van der Waals surface area contributed by atoms with Gasteiger partial charge in [0.2, 0.25) is 5.91 Å². The van der Waals surface area contributed by atoms with Crippen LogP contribution in [-0.2, 0) is 11.3 Å². The molecule has 0 bridgehead atoms. The predicted molar refractivity (Wildman–Crippen MR) is 91.0 cm³/mol. The molecule has 0 aliphatic heterocycles. The summed E-state index contributed by atoms with van der Waals surface area (Å²) >= 11 is 0. The quantitative estimate of drug-likeness (QED) is 0.643. The Balaban J connectivity index is 2.51. The summed E-state index contributed by atoms with van der Waals surface area (Å²) in [5.74, 6) is -0.250. The first-order chi connectivity index (χ1) is 10.9. The maximum Gasteiger partial charge on any atom is 0.251 e. The van der Waals surface area contributed by atoms with Crippen molar-refractivity contribution >= 4 is 11.8 Å². The molecule has 0 aliphatic rings. The molecule has 0 fully saturated rings. The van der Waals surface area contributed by atoms with E-state index in [1.165, 1.54) is 0 Å². The highest BCUT2D eigenvalue weighted by atomic mass is 16.3. The van der Waals surface area contributed by atoms with Gasteiger partial charge in [-0.05, 0) is 51.3 Å². The molecule has 1 rings (SSSR count). The largest absolute Gasteiger partial charge is 0.396 e. The molecule has 126 valence electrons. The van der Waals surface area contributed by atoms with Gasteiger partial charge in [0.15, 0.2) is 0 Å². The van der Waals surface area contributed by atoms with Crippen molar-refractivity contribution in [2.45, 2.75) is 46.2 Å². The number of benzene rings is 1. The Morgan fingerprint density at radius 3 is 2.43 bits per heavy atom. The molecule has 0 heterocycles. The Labute approximate surface area is 137 Å². The van der Waals surface area contributed by atoms with Crippen molar-refractivity contribution in [3.63, 3.8) is 0 Å². The summed E-state index contributed by atoms with van der Waals surface area (Å²) in [4.78, 5) is 23.6. The van der Waals surface area contributed by atoms with Crippen LogP contribution in [-0.4, -0.2) is 29.6 Å². The van der Waals surface area contributed by atoms with Crippen LogP contribution in [0.15, 0.2) is 35.9 Å². The fourth-order valence-corrected chi connectivity index (χ4v) is 2.05. The number of aliphatic hydroxyl groups excluding tert-OH is 1. The fourth-order valence-electron chi connectivity index (χ4n) is 2.05. The van der Waals surface area contributed by atoms with E-state index in [-0.39, 0.29) is 24.5 Å². The van der Waals surface area contributed by atoms with E-state index >= 15 is 0 Å². The molecule has 0 saturated heterocycles. The zero-order valence-electron chi connectivity index (χ0n) is 14.1. The Kier molecular flexibility index (Phi) is 8.05. The molecule has 23 heavy (non-hydrogen) atoms. The van der Waals surface area contributed by atoms with Crippen molar-refractivity contribution in [2.75, 3.05) is 6.61 Å². The molecule has 1 aromatic carbocycles. The van der Waals surface area contributed by atoms with E-state index in [0.29, 0.717) is 18.5 Å². The Bertz CT molecular complexity index is 546. The molecule has 1 unspecified atom stereocenters. The first-order valence-electron chi connectivity index (χ1n) is 7.85. The second kappa shape index (κ2) is 9.79. The third kappa shape index (κ3) is 7.61. The van der Waals surface area contributed by atoms with Gasteiger partial charge in [-0.3, -0.25) is 9.59 Å². The zero-order chi connectivity index (χ0) is 17.2. The molecular weight excluding hydrogens is 292 g/mol. The van der Waals surface area contributed by atoms with Crippen LogP contribution in [0.1, 0.15) is 49.5 Å². The summed E-state index contributed by atoms with van der Waals surface area (Å²) in [6.45, 7) is 6.22. The lowest BCUT2D eigenvalue weighted by Gasteiger charge is -2.13. The molecule has 0 saturated carbocycles. The van der Waals surface area contributed by atoms with Crippen molar-refractivity contribution in [2.24, 2.45) is 0 Å². The van der Waals surface area contributed by atoms with Gasteiger partial charge in [-0.25, -0.2) is 0 Å². The molecule has 2 amide bonds.